The first-order valence-corrected chi connectivity index (χ1v) is 7.93. The summed E-state index contributed by atoms with van der Waals surface area (Å²) in [5.74, 6) is 1.05. The highest BCUT2D eigenvalue weighted by Crippen LogP contribution is 2.23. The van der Waals surface area contributed by atoms with E-state index < -0.39 is 0 Å². The number of aromatic nitrogens is 2. The van der Waals surface area contributed by atoms with E-state index in [9.17, 15) is 0 Å². The molecule has 0 aliphatic heterocycles. The van der Waals surface area contributed by atoms with Crippen molar-refractivity contribution in [2.45, 2.75) is 31.2 Å². The van der Waals surface area contributed by atoms with Crippen LogP contribution in [0.25, 0.3) is 10.9 Å². The van der Waals surface area contributed by atoms with Gasteiger partial charge in [-0.15, -0.1) is 11.8 Å². The van der Waals surface area contributed by atoms with E-state index in [1.807, 2.05) is 18.2 Å². The van der Waals surface area contributed by atoms with E-state index in [0.29, 0.717) is 0 Å². The minimum Gasteiger partial charge on any atom is -0.316 e. The smallest absolute Gasteiger partial charge is 0.117 e. The highest BCUT2D eigenvalue weighted by atomic mass is 32.2. The van der Waals surface area contributed by atoms with E-state index in [-0.39, 0.29) is 0 Å². The van der Waals surface area contributed by atoms with Gasteiger partial charge < -0.3 is 5.32 Å². The average molecular weight is 275 g/mol. The Labute approximate surface area is 119 Å². The van der Waals surface area contributed by atoms with Crippen molar-refractivity contribution in [1.29, 1.82) is 0 Å². The maximum Gasteiger partial charge on any atom is 0.117 e. The van der Waals surface area contributed by atoms with E-state index >= 15 is 0 Å². The summed E-state index contributed by atoms with van der Waals surface area (Å²) in [6.45, 7) is 4.39. The molecule has 0 atom stereocenters. The summed E-state index contributed by atoms with van der Waals surface area (Å²) < 4.78 is 0. The lowest BCUT2D eigenvalue weighted by molar-refractivity contribution is 0.636. The molecule has 0 aliphatic carbocycles. The highest BCUT2D eigenvalue weighted by molar-refractivity contribution is 7.99. The van der Waals surface area contributed by atoms with Crippen molar-refractivity contribution in [1.82, 2.24) is 15.3 Å². The maximum atomic E-state index is 4.38. The van der Waals surface area contributed by atoms with Gasteiger partial charge >= 0.3 is 0 Å². The van der Waals surface area contributed by atoms with Crippen molar-refractivity contribution in [2.24, 2.45) is 0 Å². The second-order valence-corrected chi connectivity index (χ2v) is 5.59. The molecule has 2 rings (SSSR count). The molecular formula is C15H21N3S. The Hall–Kier alpha value is -1.13. The number of fused-ring (bicyclic) bond motifs is 1. The van der Waals surface area contributed by atoms with Crippen LogP contribution in [0.3, 0.4) is 0 Å². The number of nitrogens with zero attached hydrogens (tertiary/aromatic N) is 2. The van der Waals surface area contributed by atoms with Crippen LogP contribution in [-0.4, -0.2) is 28.8 Å². The van der Waals surface area contributed by atoms with Crippen molar-refractivity contribution in [3.8, 4) is 0 Å². The van der Waals surface area contributed by atoms with Crippen LogP contribution in [0.2, 0.25) is 0 Å². The molecule has 0 saturated heterocycles. The second-order valence-electron chi connectivity index (χ2n) is 4.50. The van der Waals surface area contributed by atoms with Crippen LogP contribution in [-0.2, 0) is 0 Å². The number of hydrogen-bond donors (Lipinski definition) is 1. The third-order valence-corrected chi connectivity index (χ3v) is 3.99. The normalized spacial score (nSPS) is 11.0. The molecular weight excluding hydrogens is 254 g/mol. The first-order valence-electron chi connectivity index (χ1n) is 6.95. The zero-order valence-electron chi connectivity index (χ0n) is 11.4. The summed E-state index contributed by atoms with van der Waals surface area (Å²) in [5, 5.41) is 5.71. The molecule has 0 unspecified atom stereocenters. The van der Waals surface area contributed by atoms with Gasteiger partial charge in [0.25, 0.3) is 0 Å². The largest absolute Gasteiger partial charge is 0.316 e. The lowest BCUT2D eigenvalue weighted by atomic mass is 10.2. The van der Waals surface area contributed by atoms with Crippen LogP contribution >= 0.6 is 11.8 Å². The SMILES string of the molecule is CCCCCNCCSc1ncnc2ccccc12. The summed E-state index contributed by atoms with van der Waals surface area (Å²) in [7, 11) is 0. The number of hydrogen-bond acceptors (Lipinski definition) is 4. The molecule has 1 aromatic heterocycles. The Morgan fingerprint density at radius 3 is 2.89 bits per heavy atom. The van der Waals surface area contributed by atoms with Gasteiger partial charge in [0.15, 0.2) is 0 Å². The van der Waals surface area contributed by atoms with Gasteiger partial charge in [0.05, 0.1) is 5.52 Å². The van der Waals surface area contributed by atoms with Gasteiger partial charge in [-0.05, 0) is 19.0 Å². The third-order valence-electron chi connectivity index (χ3n) is 2.98. The van der Waals surface area contributed by atoms with Crippen LogP contribution in [0.5, 0.6) is 0 Å². The van der Waals surface area contributed by atoms with Crippen LogP contribution in [0.15, 0.2) is 35.6 Å². The fourth-order valence-corrected chi connectivity index (χ4v) is 2.83. The van der Waals surface area contributed by atoms with E-state index in [1.54, 1.807) is 18.1 Å². The lowest BCUT2D eigenvalue weighted by Crippen LogP contribution is -2.18. The average Bonchev–Trinajstić information content (AvgIpc) is 2.46. The Balaban J connectivity index is 1.78. The molecule has 19 heavy (non-hydrogen) atoms. The highest BCUT2D eigenvalue weighted by Gasteiger charge is 2.02. The standard InChI is InChI=1S/C15H21N3S/c1-2-3-6-9-16-10-11-19-15-13-7-4-5-8-14(13)17-12-18-15/h4-5,7-8,12,16H,2-3,6,9-11H2,1H3. The molecule has 0 radical (unpaired) electrons. The molecule has 1 N–H and O–H groups in total. The maximum absolute atomic E-state index is 4.38. The van der Waals surface area contributed by atoms with Gasteiger partial charge in [-0.2, -0.15) is 0 Å². The molecule has 4 heteroatoms. The number of para-hydroxylation sites is 1. The van der Waals surface area contributed by atoms with Crippen LogP contribution in [0.1, 0.15) is 26.2 Å². The molecule has 0 aliphatic rings. The summed E-state index contributed by atoms with van der Waals surface area (Å²) in [6, 6.07) is 8.17. The van der Waals surface area contributed by atoms with Gasteiger partial charge in [0.2, 0.25) is 0 Å². The zero-order valence-corrected chi connectivity index (χ0v) is 12.2. The number of thioether (sulfide) groups is 1. The molecule has 2 aromatic rings. The van der Waals surface area contributed by atoms with Gasteiger partial charge in [-0.25, -0.2) is 9.97 Å². The molecule has 102 valence electrons. The Morgan fingerprint density at radius 1 is 1.11 bits per heavy atom. The van der Waals surface area contributed by atoms with E-state index in [4.69, 9.17) is 0 Å². The predicted octanol–water partition coefficient (Wildman–Crippen LogP) is 3.50. The molecule has 0 amide bonds. The topological polar surface area (TPSA) is 37.8 Å². The van der Waals surface area contributed by atoms with Gasteiger partial charge in [-0.3, -0.25) is 0 Å². The van der Waals surface area contributed by atoms with Crippen LogP contribution in [0.4, 0.5) is 0 Å². The first kappa shape index (κ1) is 14.3. The minimum atomic E-state index is 1.02. The number of benzene rings is 1. The summed E-state index contributed by atoms with van der Waals surface area (Å²) in [5.41, 5.74) is 1.02. The van der Waals surface area contributed by atoms with Crippen molar-refractivity contribution in [2.75, 3.05) is 18.8 Å². The van der Waals surface area contributed by atoms with Gasteiger partial charge in [-0.1, -0.05) is 38.0 Å². The van der Waals surface area contributed by atoms with Crippen molar-refractivity contribution in [3.05, 3.63) is 30.6 Å². The van der Waals surface area contributed by atoms with Gasteiger partial charge in [0.1, 0.15) is 11.4 Å². The van der Waals surface area contributed by atoms with Crippen LogP contribution in [0, 0.1) is 0 Å². The first-order chi connectivity index (χ1) is 9.42. The van der Waals surface area contributed by atoms with Crippen molar-refractivity contribution < 1.29 is 0 Å². The molecule has 0 fully saturated rings. The number of nitrogens with one attached hydrogen (secondary N) is 1. The van der Waals surface area contributed by atoms with E-state index in [1.165, 1.54) is 19.3 Å². The Morgan fingerprint density at radius 2 is 2.00 bits per heavy atom. The number of rotatable bonds is 8. The van der Waals surface area contributed by atoms with Crippen molar-refractivity contribution in [3.63, 3.8) is 0 Å². The third kappa shape index (κ3) is 4.48. The summed E-state index contributed by atoms with van der Waals surface area (Å²) >= 11 is 1.80. The van der Waals surface area contributed by atoms with Crippen LogP contribution < -0.4 is 5.32 Å². The Kier molecular flexibility index (Phi) is 6.11. The molecule has 0 spiro atoms. The van der Waals surface area contributed by atoms with Crippen molar-refractivity contribution >= 4 is 22.7 Å². The predicted molar refractivity (Wildman–Crippen MR) is 82.7 cm³/mol. The fraction of sp³-hybridized carbons (Fsp3) is 0.467. The molecule has 1 aromatic carbocycles. The summed E-state index contributed by atoms with van der Waals surface area (Å²) in [6.07, 6.45) is 5.52. The quantitative estimate of drug-likeness (QED) is 0.454. The molecule has 3 nitrogen and oxygen atoms in total. The Bertz CT molecular complexity index is 496. The monoisotopic (exact) mass is 275 g/mol. The molecule has 1 heterocycles. The lowest BCUT2D eigenvalue weighted by Gasteiger charge is -2.05. The molecule has 0 saturated carbocycles. The van der Waals surface area contributed by atoms with Gasteiger partial charge in [0, 0.05) is 17.7 Å². The fourth-order valence-electron chi connectivity index (χ4n) is 1.94. The second kappa shape index (κ2) is 8.12. The zero-order chi connectivity index (χ0) is 13.3. The number of unbranched alkanes of at least 4 members (excludes halogenated alkanes) is 2. The summed E-state index contributed by atoms with van der Waals surface area (Å²) in [4.78, 5) is 8.66. The van der Waals surface area contributed by atoms with E-state index in [0.717, 1.165) is 34.8 Å². The molecule has 0 bridgehead atoms. The van der Waals surface area contributed by atoms with E-state index in [2.05, 4.69) is 28.3 Å². The minimum absolute atomic E-state index is 1.02.